The molecular formula is C11H25N3O. The van der Waals surface area contributed by atoms with Crippen molar-refractivity contribution in [3.63, 3.8) is 0 Å². The number of carbonyl (C=O) groups excluding carboxylic acids is 1. The lowest BCUT2D eigenvalue weighted by Crippen LogP contribution is -2.50. The van der Waals surface area contributed by atoms with Gasteiger partial charge in [-0.1, -0.05) is 33.6 Å². The average Bonchev–Trinajstić information content (AvgIpc) is 2.17. The summed E-state index contributed by atoms with van der Waals surface area (Å²) in [6, 6.07) is -0.119. The van der Waals surface area contributed by atoms with Crippen molar-refractivity contribution in [1.82, 2.24) is 10.3 Å². The van der Waals surface area contributed by atoms with Crippen LogP contribution >= 0.6 is 0 Å². The molecule has 0 spiro atoms. The Hall–Kier alpha value is -0.610. The number of nitrogens with two attached hydrogens (primary N) is 1. The first-order valence-electron chi connectivity index (χ1n) is 5.75. The van der Waals surface area contributed by atoms with Crippen LogP contribution in [0.25, 0.3) is 0 Å². The van der Waals surface area contributed by atoms with Crippen LogP contribution in [-0.4, -0.2) is 30.4 Å². The summed E-state index contributed by atoms with van der Waals surface area (Å²) < 4.78 is 0. The predicted molar refractivity (Wildman–Crippen MR) is 63.1 cm³/mol. The fourth-order valence-corrected chi connectivity index (χ4v) is 1.85. The maximum atomic E-state index is 11.5. The SMILES string of the molecule is CCCCCN(C)C(C(=O)NN)C(C)C. The summed E-state index contributed by atoms with van der Waals surface area (Å²) in [5, 5.41) is 0. The Labute approximate surface area is 93.2 Å². The third-order valence-corrected chi connectivity index (χ3v) is 2.63. The number of likely N-dealkylation sites (N-methyl/N-ethyl adjacent to an activating group) is 1. The molecule has 0 aliphatic carbocycles. The first-order chi connectivity index (χ1) is 7.04. The number of nitrogens with one attached hydrogen (secondary N) is 1. The second-order valence-electron chi connectivity index (χ2n) is 4.39. The van der Waals surface area contributed by atoms with Gasteiger partial charge in [0.25, 0.3) is 5.91 Å². The van der Waals surface area contributed by atoms with Gasteiger partial charge >= 0.3 is 0 Å². The highest BCUT2D eigenvalue weighted by Gasteiger charge is 2.25. The van der Waals surface area contributed by atoms with Crippen LogP contribution in [0, 0.1) is 5.92 Å². The van der Waals surface area contributed by atoms with Gasteiger partial charge in [-0.3, -0.25) is 15.1 Å². The normalized spacial score (nSPS) is 13.3. The van der Waals surface area contributed by atoms with Crippen LogP contribution in [0.1, 0.15) is 40.0 Å². The van der Waals surface area contributed by atoms with E-state index in [-0.39, 0.29) is 17.9 Å². The van der Waals surface area contributed by atoms with E-state index in [1.54, 1.807) is 0 Å². The van der Waals surface area contributed by atoms with E-state index in [1.165, 1.54) is 12.8 Å². The lowest BCUT2D eigenvalue weighted by Gasteiger charge is -2.29. The second-order valence-corrected chi connectivity index (χ2v) is 4.39. The first kappa shape index (κ1) is 14.4. The van der Waals surface area contributed by atoms with Crippen molar-refractivity contribution in [2.24, 2.45) is 11.8 Å². The standard InChI is InChI=1S/C11H25N3O/c1-5-6-7-8-14(4)10(9(2)3)11(15)13-12/h9-10H,5-8,12H2,1-4H3,(H,13,15). The molecule has 0 aromatic rings. The molecule has 1 unspecified atom stereocenters. The van der Waals surface area contributed by atoms with E-state index in [4.69, 9.17) is 5.84 Å². The van der Waals surface area contributed by atoms with E-state index in [0.717, 1.165) is 13.0 Å². The van der Waals surface area contributed by atoms with E-state index in [0.29, 0.717) is 0 Å². The molecule has 1 amide bonds. The smallest absolute Gasteiger partial charge is 0.251 e. The minimum absolute atomic E-state index is 0.0935. The Morgan fingerprint density at radius 2 is 2.00 bits per heavy atom. The van der Waals surface area contributed by atoms with E-state index in [2.05, 4.69) is 17.2 Å². The molecule has 4 heteroatoms. The van der Waals surface area contributed by atoms with E-state index in [1.807, 2.05) is 20.9 Å². The van der Waals surface area contributed by atoms with Crippen LogP contribution in [0.5, 0.6) is 0 Å². The molecule has 1 atom stereocenters. The van der Waals surface area contributed by atoms with Gasteiger partial charge in [-0.25, -0.2) is 5.84 Å². The van der Waals surface area contributed by atoms with Gasteiger partial charge in [0.1, 0.15) is 0 Å². The minimum Gasteiger partial charge on any atom is -0.295 e. The van der Waals surface area contributed by atoms with Crippen LogP contribution in [-0.2, 0) is 4.79 Å². The number of amides is 1. The van der Waals surface area contributed by atoms with Crippen molar-refractivity contribution in [3.8, 4) is 0 Å². The quantitative estimate of drug-likeness (QED) is 0.290. The minimum atomic E-state index is -0.119. The first-order valence-corrected chi connectivity index (χ1v) is 5.75. The highest BCUT2D eigenvalue weighted by Crippen LogP contribution is 2.10. The van der Waals surface area contributed by atoms with Crippen LogP contribution in [0.4, 0.5) is 0 Å². The molecule has 0 aliphatic heterocycles. The number of hydrogen-bond acceptors (Lipinski definition) is 3. The summed E-state index contributed by atoms with van der Waals surface area (Å²) in [5.74, 6) is 5.36. The van der Waals surface area contributed by atoms with Crippen molar-refractivity contribution in [2.75, 3.05) is 13.6 Å². The zero-order chi connectivity index (χ0) is 11.8. The third-order valence-electron chi connectivity index (χ3n) is 2.63. The van der Waals surface area contributed by atoms with Crippen molar-refractivity contribution >= 4 is 5.91 Å². The number of unbranched alkanes of at least 4 members (excludes halogenated alkanes) is 2. The fraction of sp³-hybridized carbons (Fsp3) is 0.909. The van der Waals surface area contributed by atoms with Crippen LogP contribution < -0.4 is 11.3 Å². The molecule has 0 aromatic heterocycles. The number of hydrazine groups is 1. The van der Waals surface area contributed by atoms with Crippen molar-refractivity contribution in [3.05, 3.63) is 0 Å². The zero-order valence-corrected chi connectivity index (χ0v) is 10.4. The molecule has 0 bridgehead atoms. The maximum absolute atomic E-state index is 11.5. The van der Waals surface area contributed by atoms with Gasteiger partial charge < -0.3 is 0 Å². The zero-order valence-electron chi connectivity index (χ0n) is 10.4. The Morgan fingerprint density at radius 1 is 1.40 bits per heavy atom. The number of hydrogen-bond donors (Lipinski definition) is 2. The average molecular weight is 215 g/mol. The van der Waals surface area contributed by atoms with Gasteiger partial charge in [-0.2, -0.15) is 0 Å². The Kier molecular flexibility index (Phi) is 7.34. The molecular weight excluding hydrogens is 190 g/mol. The van der Waals surface area contributed by atoms with Crippen molar-refractivity contribution < 1.29 is 4.79 Å². The molecule has 0 radical (unpaired) electrons. The predicted octanol–water partition coefficient (Wildman–Crippen LogP) is 1.12. The monoisotopic (exact) mass is 215 g/mol. The fourth-order valence-electron chi connectivity index (χ4n) is 1.85. The van der Waals surface area contributed by atoms with Gasteiger partial charge in [-0.15, -0.1) is 0 Å². The molecule has 0 saturated carbocycles. The van der Waals surface area contributed by atoms with Gasteiger partial charge in [-0.05, 0) is 25.9 Å². The Balaban J connectivity index is 4.17. The summed E-state index contributed by atoms with van der Waals surface area (Å²) >= 11 is 0. The van der Waals surface area contributed by atoms with E-state index >= 15 is 0 Å². The summed E-state index contributed by atoms with van der Waals surface area (Å²) in [4.78, 5) is 13.6. The summed E-state index contributed by atoms with van der Waals surface area (Å²) in [6.45, 7) is 7.20. The maximum Gasteiger partial charge on any atom is 0.251 e. The van der Waals surface area contributed by atoms with Gasteiger partial charge in [0.15, 0.2) is 0 Å². The number of rotatable bonds is 7. The van der Waals surface area contributed by atoms with E-state index < -0.39 is 0 Å². The lowest BCUT2D eigenvalue weighted by atomic mass is 10.0. The highest BCUT2D eigenvalue weighted by atomic mass is 16.2. The molecule has 90 valence electrons. The van der Waals surface area contributed by atoms with E-state index in [9.17, 15) is 4.79 Å². The highest BCUT2D eigenvalue weighted by molar-refractivity contribution is 5.81. The number of carbonyl (C=O) groups is 1. The van der Waals surface area contributed by atoms with Crippen molar-refractivity contribution in [2.45, 2.75) is 46.1 Å². The molecule has 0 rings (SSSR count). The molecule has 0 fully saturated rings. The van der Waals surface area contributed by atoms with Crippen molar-refractivity contribution in [1.29, 1.82) is 0 Å². The molecule has 0 heterocycles. The molecule has 0 saturated heterocycles. The second kappa shape index (κ2) is 7.65. The lowest BCUT2D eigenvalue weighted by molar-refractivity contribution is -0.127. The largest absolute Gasteiger partial charge is 0.295 e. The topological polar surface area (TPSA) is 58.4 Å². The molecule has 0 aromatic carbocycles. The number of nitrogens with zero attached hydrogens (tertiary/aromatic N) is 1. The van der Waals surface area contributed by atoms with Gasteiger partial charge in [0, 0.05) is 0 Å². The molecule has 4 nitrogen and oxygen atoms in total. The molecule has 3 N–H and O–H groups in total. The molecule has 0 aliphatic rings. The Morgan fingerprint density at radius 3 is 2.40 bits per heavy atom. The summed E-state index contributed by atoms with van der Waals surface area (Å²) in [7, 11) is 1.98. The molecule has 15 heavy (non-hydrogen) atoms. The summed E-state index contributed by atoms with van der Waals surface area (Å²) in [5.41, 5.74) is 2.24. The summed E-state index contributed by atoms with van der Waals surface area (Å²) in [6.07, 6.45) is 3.54. The van der Waals surface area contributed by atoms with Crippen LogP contribution in [0.2, 0.25) is 0 Å². The van der Waals surface area contributed by atoms with Crippen LogP contribution in [0.15, 0.2) is 0 Å². The third kappa shape index (κ3) is 5.14. The van der Waals surface area contributed by atoms with Gasteiger partial charge in [0.05, 0.1) is 6.04 Å². The van der Waals surface area contributed by atoms with Gasteiger partial charge in [0.2, 0.25) is 0 Å². The van der Waals surface area contributed by atoms with Crippen LogP contribution in [0.3, 0.4) is 0 Å². The Bertz CT molecular complexity index is 183.